The van der Waals surface area contributed by atoms with Crippen LogP contribution in [0, 0.1) is 25.2 Å². The van der Waals surface area contributed by atoms with E-state index >= 15 is 0 Å². The van der Waals surface area contributed by atoms with Gasteiger partial charge in [-0.3, -0.25) is 0 Å². The fourth-order valence-corrected chi connectivity index (χ4v) is 1.32. The van der Waals surface area contributed by atoms with Crippen LogP contribution in [0.3, 0.4) is 0 Å². The third-order valence-corrected chi connectivity index (χ3v) is 2.29. The zero-order chi connectivity index (χ0) is 10.7. The average Bonchev–Trinajstić information content (AvgIpc) is 2.12. The van der Waals surface area contributed by atoms with Crippen molar-refractivity contribution in [3.8, 4) is 6.07 Å². The molecule has 3 nitrogen and oxygen atoms in total. The minimum atomic E-state index is -0.952. The number of hydrogen-bond acceptors (Lipinski definition) is 2. The first kappa shape index (κ1) is 10.3. The number of rotatable bonds is 2. The Morgan fingerprint density at radius 3 is 2.64 bits per heavy atom. The number of aromatic carboxylic acids is 1. The Hall–Kier alpha value is -1.82. The zero-order valence-corrected chi connectivity index (χ0v) is 8.16. The van der Waals surface area contributed by atoms with Crippen molar-refractivity contribution in [1.29, 1.82) is 5.26 Å². The van der Waals surface area contributed by atoms with Crippen LogP contribution in [-0.2, 0) is 6.42 Å². The van der Waals surface area contributed by atoms with Crippen molar-refractivity contribution in [2.75, 3.05) is 0 Å². The van der Waals surface area contributed by atoms with E-state index in [1.807, 2.05) is 19.9 Å². The molecule has 0 atom stereocenters. The summed E-state index contributed by atoms with van der Waals surface area (Å²) in [5.41, 5.74) is 2.95. The highest BCUT2D eigenvalue weighted by atomic mass is 16.4. The maximum absolute atomic E-state index is 10.7. The van der Waals surface area contributed by atoms with Gasteiger partial charge in [0, 0.05) is 0 Å². The van der Waals surface area contributed by atoms with Crippen molar-refractivity contribution >= 4 is 5.97 Å². The molecule has 0 saturated heterocycles. The molecule has 0 heterocycles. The van der Waals surface area contributed by atoms with E-state index in [4.69, 9.17) is 10.4 Å². The molecule has 0 aliphatic rings. The number of carbonyl (C=O) groups is 1. The monoisotopic (exact) mass is 189 g/mol. The van der Waals surface area contributed by atoms with Gasteiger partial charge in [0.15, 0.2) is 0 Å². The minimum Gasteiger partial charge on any atom is -0.478 e. The lowest BCUT2D eigenvalue weighted by Crippen LogP contribution is -2.01. The highest BCUT2D eigenvalue weighted by molar-refractivity contribution is 5.88. The van der Waals surface area contributed by atoms with E-state index in [1.54, 1.807) is 12.1 Å². The van der Waals surface area contributed by atoms with Gasteiger partial charge in [0.1, 0.15) is 0 Å². The van der Waals surface area contributed by atoms with E-state index in [0.29, 0.717) is 0 Å². The lowest BCUT2D eigenvalue weighted by Gasteiger charge is -2.07. The number of hydrogen-bond donors (Lipinski definition) is 1. The average molecular weight is 189 g/mol. The Labute approximate surface area is 82.6 Å². The number of carboxylic acid groups (broad SMARTS) is 1. The zero-order valence-electron chi connectivity index (χ0n) is 8.16. The number of nitriles is 1. The number of carboxylic acids is 1. The standard InChI is InChI=1S/C11H11NO2/c1-7-5-10(11(13)14)6-9(3-4-12)8(7)2/h5-6H,3H2,1-2H3,(H,13,14). The maximum atomic E-state index is 10.7. The molecule has 1 aromatic carbocycles. The molecule has 1 rings (SSSR count). The fraction of sp³-hybridized carbons (Fsp3) is 0.273. The van der Waals surface area contributed by atoms with E-state index in [1.165, 1.54) is 0 Å². The van der Waals surface area contributed by atoms with Gasteiger partial charge in [-0.25, -0.2) is 4.79 Å². The Kier molecular flexibility index (Phi) is 2.88. The lowest BCUT2D eigenvalue weighted by molar-refractivity contribution is 0.0696. The van der Waals surface area contributed by atoms with E-state index in [2.05, 4.69) is 0 Å². The Balaban J connectivity index is 3.29. The molecule has 72 valence electrons. The second-order valence-electron chi connectivity index (χ2n) is 3.22. The normalized spacial score (nSPS) is 9.50. The predicted molar refractivity (Wildman–Crippen MR) is 52.2 cm³/mol. The smallest absolute Gasteiger partial charge is 0.335 e. The first-order valence-electron chi connectivity index (χ1n) is 4.26. The summed E-state index contributed by atoms with van der Waals surface area (Å²) in [5.74, 6) is -0.952. The summed E-state index contributed by atoms with van der Waals surface area (Å²) in [6.45, 7) is 3.75. The van der Waals surface area contributed by atoms with Crippen molar-refractivity contribution in [2.24, 2.45) is 0 Å². The molecule has 0 radical (unpaired) electrons. The molecule has 1 aromatic rings. The molecule has 0 aromatic heterocycles. The fourth-order valence-electron chi connectivity index (χ4n) is 1.32. The number of aryl methyl sites for hydroxylation is 1. The van der Waals surface area contributed by atoms with Gasteiger partial charge < -0.3 is 5.11 Å². The first-order valence-corrected chi connectivity index (χ1v) is 4.26. The van der Waals surface area contributed by atoms with Gasteiger partial charge >= 0.3 is 5.97 Å². The molecule has 0 aliphatic heterocycles. The van der Waals surface area contributed by atoms with Crippen LogP contribution in [0.15, 0.2) is 12.1 Å². The van der Waals surface area contributed by atoms with Gasteiger partial charge in [0.05, 0.1) is 18.1 Å². The van der Waals surface area contributed by atoms with Crippen LogP contribution < -0.4 is 0 Å². The van der Waals surface area contributed by atoms with Crippen molar-refractivity contribution in [1.82, 2.24) is 0 Å². The summed E-state index contributed by atoms with van der Waals surface area (Å²) in [7, 11) is 0. The summed E-state index contributed by atoms with van der Waals surface area (Å²) in [6.07, 6.45) is 0.258. The summed E-state index contributed by atoms with van der Waals surface area (Å²) in [4.78, 5) is 10.7. The number of benzene rings is 1. The molecular formula is C11H11NO2. The molecule has 1 N–H and O–H groups in total. The third-order valence-electron chi connectivity index (χ3n) is 2.29. The molecule has 0 aliphatic carbocycles. The molecule has 0 saturated carbocycles. The van der Waals surface area contributed by atoms with Gasteiger partial charge in [-0.15, -0.1) is 0 Å². The van der Waals surface area contributed by atoms with Crippen LogP contribution in [0.4, 0.5) is 0 Å². The van der Waals surface area contributed by atoms with Crippen molar-refractivity contribution < 1.29 is 9.90 Å². The van der Waals surface area contributed by atoms with Crippen molar-refractivity contribution in [2.45, 2.75) is 20.3 Å². The summed E-state index contributed by atoms with van der Waals surface area (Å²) in [6, 6.07) is 5.21. The van der Waals surface area contributed by atoms with Gasteiger partial charge in [0.2, 0.25) is 0 Å². The van der Waals surface area contributed by atoms with E-state index < -0.39 is 5.97 Å². The molecule has 0 bridgehead atoms. The van der Waals surface area contributed by atoms with Crippen LogP contribution in [0.2, 0.25) is 0 Å². The summed E-state index contributed by atoms with van der Waals surface area (Å²) < 4.78 is 0. The minimum absolute atomic E-state index is 0.248. The Bertz CT molecular complexity index is 416. The molecule has 0 fully saturated rings. The van der Waals surface area contributed by atoms with Gasteiger partial charge in [-0.05, 0) is 42.7 Å². The Morgan fingerprint density at radius 2 is 2.14 bits per heavy atom. The van der Waals surface area contributed by atoms with Crippen LogP contribution in [-0.4, -0.2) is 11.1 Å². The van der Waals surface area contributed by atoms with E-state index in [-0.39, 0.29) is 12.0 Å². The van der Waals surface area contributed by atoms with Crippen molar-refractivity contribution in [3.05, 3.63) is 34.4 Å². The van der Waals surface area contributed by atoms with Crippen LogP contribution in [0.5, 0.6) is 0 Å². The summed E-state index contributed by atoms with van der Waals surface area (Å²) in [5, 5.41) is 17.4. The molecule has 3 heteroatoms. The van der Waals surface area contributed by atoms with Gasteiger partial charge in [-0.2, -0.15) is 5.26 Å². The second-order valence-corrected chi connectivity index (χ2v) is 3.22. The van der Waals surface area contributed by atoms with Crippen LogP contribution in [0.25, 0.3) is 0 Å². The quantitative estimate of drug-likeness (QED) is 0.774. The highest BCUT2D eigenvalue weighted by Gasteiger charge is 2.08. The first-order chi connectivity index (χ1) is 6.56. The largest absolute Gasteiger partial charge is 0.478 e. The maximum Gasteiger partial charge on any atom is 0.335 e. The predicted octanol–water partition coefficient (Wildman–Crippen LogP) is 2.07. The highest BCUT2D eigenvalue weighted by Crippen LogP contribution is 2.16. The van der Waals surface area contributed by atoms with Crippen LogP contribution in [0.1, 0.15) is 27.0 Å². The molecule has 0 spiro atoms. The van der Waals surface area contributed by atoms with Gasteiger partial charge in [0.25, 0.3) is 0 Å². The molecule has 0 unspecified atom stereocenters. The van der Waals surface area contributed by atoms with Crippen LogP contribution >= 0.6 is 0 Å². The second kappa shape index (κ2) is 3.93. The topological polar surface area (TPSA) is 61.1 Å². The van der Waals surface area contributed by atoms with E-state index in [0.717, 1.165) is 16.7 Å². The summed E-state index contributed by atoms with van der Waals surface area (Å²) >= 11 is 0. The lowest BCUT2D eigenvalue weighted by atomic mass is 9.98. The third kappa shape index (κ3) is 1.91. The Morgan fingerprint density at radius 1 is 1.50 bits per heavy atom. The van der Waals surface area contributed by atoms with E-state index in [9.17, 15) is 4.79 Å². The van der Waals surface area contributed by atoms with Crippen molar-refractivity contribution in [3.63, 3.8) is 0 Å². The SMILES string of the molecule is Cc1cc(C(=O)O)cc(CC#N)c1C. The molecule has 14 heavy (non-hydrogen) atoms. The molecular weight excluding hydrogens is 178 g/mol. The molecule has 0 amide bonds. The number of nitrogens with zero attached hydrogens (tertiary/aromatic N) is 1. The van der Waals surface area contributed by atoms with Gasteiger partial charge in [-0.1, -0.05) is 0 Å².